The van der Waals surface area contributed by atoms with Crippen molar-refractivity contribution in [2.45, 2.75) is 17.7 Å². The van der Waals surface area contributed by atoms with Crippen LogP contribution in [0, 0.1) is 5.92 Å². The third-order valence-electron chi connectivity index (χ3n) is 2.73. The third kappa shape index (κ3) is 1.50. The first kappa shape index (κ1) is 9.86. The first-order valence-electron chi connectivity index (χ1n) is 4.67. The lowest BCUT2D eigenvalue weighted by Crippen LogP contribution is -2.52. The molecule has 1 atom stereocenters. The largest absolute Gasteiger partial charge is 0.479 e. The number of hydrogen-bond donors (Lipinski definition) is 2. The van der Waals surface area contributed by atoms with E-state index < -0.39 is 10.8 Å². The molecule has 78 valence electrons. The number of carboxylic acids is 1. The van der Waals surface area contributed by atoms with Crippen LogP contribution < -0.4 is 5.32 Å². The highest BCUT2D eigenvalue weighted by molar-refractivity contribution is 8.04. The molecule has 2 aliphatic rings. The summed E-state index contributed by atoms with van der Waals surface area (Å²) in [5, 5.41) is 14.0. The Balaban J connectivity index is 2.13. The van der Waals surface area contributed by atoms with Crippen molar-refractivity contribution in [1.29, 1.82) is 0 Å². The second-order valence-electron chi connectivity index (χ2n) is 3.49. The van der Waals surface area contributed by atoms with Gasteiger partial charge in [0.2, 0.25) is 0 Å². The molecule has 14 heavy (non-hydrogen) atoms. The van der Waals surface area contributed by atoms with E-state index in [2.05, 4.69) is 5.32 Å². The van der Waals surface area contributed by atoms with Crippen molar-refractivity contribution >= 4 is 17.7 Å². The Hall–Kier alpha value is -0.680. The van der Waals surface area contributed by atoms with E-state index in [1.54, 1.807) is 6.20 Å². The lowest BCUT2D eigenvalue weighted by molar-refractivity contribution is -0.143. The fourth-order valence-electron chi connectivity index (χ4n) is 1.94. The molecule has 2 rings (SSSR count). The molecule has 0 aliphatic carbocycles. The standard InChI is InChI=1S/C9H13NO3S/c11-8(12)9(10-3-6-14-9)7-1-4-13-5-2-7/h3,6-7,10H,1-2,4-5H2,(H,11,12). The number of ether oxygens (including phenoxy) is 1. The summed E-state index contributed by atoms with van der Waals surface area (Å²) in [5.74, 6) is -0.631. The summed E-state index contributed by atoms with van der Waals surface area (Å²) < 4.78 is 5.23. The minimum atomic E-state index is -0.843. The minimum absolute atomic E-state index is 0.147. The van der Waals surface area contributed by atoms with Crippen LogP contribution in [0.15, 0.2) is 11.6 Å². The minimum Gasteiger partial charge on any atom is -0.479 e. The lowest BCUT2D eigenvalue weighted by atomic mass is 9.91. The summed E-state index contributed by atoms with van der Waals surface area (Å²) >= 11 is 1.36. The van der Waals surface area contributed by atoms with Crippen molar-refractivity contribution in [2.24, 2.45) is 5.92 Å². The molecular formula is C9H13NO3S. The average molecular weight is 215 g/mol. The van der Waals surface area contributed by atoms with Crippen LogP contribution in [-0.2, 0) is 9.53 Å². The summed E-state index contributed by atoms with van der Waals surface area (Å²) in [7, 11) is 0. The van der Waals surface area contributed by atoms with Gasteiger partial charge in [-0.25, -0.2) is 4.79 Å². The van der Waals surface area contributed by atoms with Crippen molar-refractivity contribution in [3.63, 3.8) is 0 Å². The topological polar surface area (TPSA) is 58.6 Å². The van der Waals surface area contributed by atoms with Gasteiger partial charge in [0.25, 0.3) is 0 Å². The van der Waals surface area contributed by atoms with Gasteiger partial charge in [-0.2, -0.15) is 0 Å². The summed E-state index contributed by atoms with van der Waals surface area (Å²) in [6.45, 7) is 1.34. The number of carbonyl (C=O) groups is 1. The van der Waals surface area contributed by atoms with E-state index in [0.717, 1.165) is 12.8 Å². The zero-order valence-electron chi connectivity index (χ0n) is 7.73. The second-order valence-corrected chi connectivity index (χ2v) is 4.64. The number of aliphatic carboxylic acids is 1. The maximum absolute atomic E-state index is 11.3. The molecule has 2 heterocycles. The fraction of sp³-hybridized carbons (Fsp3) is 0.667. The summed E-state index contributed by atoms with van der Waals surface area (Å²) in [6, 6.07) is 0. The summed E-state index contributed by atoms with van der Waals surface area (Å²) in [6.07, 6.45) is 3.34. The molecule has 0 aromatic rings. The maximum atomic E-state index is 11.3. The number of thioether (sulfide) groups is 1. The number of carboxylic acid groups (broad SMARTS) is 1. The zero-order valence-corrected chi connectivity index (χ0v) is 8.55. The maximum Gasteiger partial charge on any atom is 0.340 e. The highest BCUT2D eigenvalue weighted by Crippen LogP contribution is 2.40. The fourth-order valence-corrected chi connectivity index (χ4v) is 2.95. The van der Waals surface area contributed by atoms with Gasteiger partial charge in [0.05, 0.1) is 0 Å². The molecule has 0 aromatic carbocycles. The molecule has 0 aromatic heterocycles. The second kappa shape index (κ2) is 3.82. The van der Waals surface area contributed by atoms with Gasteiger partial charge in [-0.15, -0.1) is 0 Å². The Morgan fingerprint density at radius 2 is 2.29 bits per heavy atom. The Labute approximate surface area is 86.7 Å². The van der Waals surface area contributed by atoms with Crippen molar-refractivity contribution in [3.05, 3.63) is 11.6 Å². The van der Waals surface area contributed by atoms with Crippen molar-refractivity contribution < 1.29 is 14.6 Å². The molecule has 0 spiro atoms. The van der Waals surface area contributed by atoms with Crippen LogP contribution >= 0.6 is 11.8 Å². The van der Waals surface area contributed by atoms with E-state index in [0.29, 0.717) is 13.2 Å². The van der Waals surface area contributed by atoms with E-state index in [9.17, 15) is 9.90 Å². The van der Waals surface area contributed by atoms with Crippen molar-refractivity contribution in [1.82, 2.24) is 5.32 Å². The summed E-state index contributed by atoms with van der Waals surface area (Å²) in [5.41, 5.74) is 0. The van der Waals surface area contributed by atoms with Crippen LogP contribution in [-0.4, -0.2) is 29.2 Å². The monoisotopic (exact) mass is 215 g/mol. The molecular weight excluding hydrogens is 202 g/mol. The number of nitrogens with one attached hydrogen (secondary N) is 1. The van der Waals surface area contributed by atoms with Gasteiger partial charge in [0.15, 0.2) is 4.87 Å². The van der Waals surface area contributed by atoms with Crippen LogP contribution in [0.3, 0.4) is 0 Å². The zero-order chi connectivity index (χ0) is 10.0. The first-order valence-corrected chi connectivity index (χ1v) is 5.55. The van der Waals surface area contributed by atoms with E-state index >= 15 is 0 Å². The summed E-state index contributed by atoms with van der Waals surface area (Å²) in [4.78, 5) is 10.4. The van der Waals surface area contributed by atoms with Crippen LogP contribution in [0.25, 0.3) is 0 Å². The highest BCUT2D eigenvalue weighted by Gasteiger charge is 2.47. The predicted molar refractivity (Wildman–Crippen MR) is 53.8 cm³/mol. The van der Waals surface area contributed by atoms with Crippen LogP contribution in [0.5, 0.6) is 0 Å². The quantitative estimate of drug-likeness (QED) is 0.719. The lowest BCUT2D eigenvalue weighted by Gasteiger charge is -2.35. The normalized spacial score (nSPS) is 32.9. The Morgan fingerprint density at radius 3 is 2.79 bits per heavy atom. The molecule has 2 N–H and O–H groups in total. The van der Waals surface area contributed by atoms with Crippen LogP contribution in [0.1, 0.15) is 12.8 Å². The number of hydrogen-bond acceptors (Lipinski definition) is 4. The van der Waals surface area contributed by atoms with Crippen molar-refractivity contribution in [2.75, 3.05) is 13.2 Å². The third-order valence-corrected chi connectivity index (χ3v) is 4.00. The molecule has 1 saturated heterocycles. The van der Waals surface area contributed by atoms with Gasteiger partial charge in [-0.1, -0.05) is 11.8 Å². The van der Waals surface area contributed by atoms with Crippen molar-refractivity contribution in [3.8, 4) is 0 Å². The first-order chi connectivity index (χ1) is 6.76. The van der Waals surface area contributed by atoms with Gasteiger partial charge in [-0.3, -0.25) is 0 Å². The van der Waals surface area contributed by atoms with E-state index in [4.69, 9.17) is 4.74 Å². The molecule has 0 radical (unpaired) electrons. The molecule has 5 heteroatoms. The van der Waals surface area contributed by atoms with Crippen LogP contribution in [0.2, 0.25) is 0 Å². The smallest absolute Gasteiger partial charge is 0.340 e. The molecule has 0 amide bonds. The van der Waals surface area contributed by atoms with E-state index in [1.165, 1.54) is 11.8 Å². The Kier molecular flexibility index (Phi) is 2.69. The van der Waals surface area contributed by atoms with E-state index in [-0.39, 0.29) is 5.92 Å². The Morgan fingerprint density at radius 1 is 1.57 bits per heavy atom. The average Bonchev–Trinajstić information content (AvgIpc) is 2.69. The van der Waals surface area contributed by atoms with Crippen LogP contribution in [0.4, 0.5) is 0 Å². The molecule has 1 unspecified atom stereocenters. The highest BCUT2D eigenvalue weighted by atomic mass is 32.2. The molecule has 1 fully saturated rings. The van der Waals surface area contributed by atoms with Gasteiger partial charge in [0.1, 0.15) is 0 Å². The van der Waals surface area contributed by atoms with E-state index in [1.807, 2.05) is 5.41 Å². The molecule has 4 nitrogen and oxygen atoms in total. The predicted octanol–water partition coefficient (Wildman–Crippen LogP) is 1.00. The van der Waals surface area contributed by atoms with Gasteiger partial charge in [-0.05, 0) is 18.2 Å². The molecule has 0 saturated carbocycles. The molecule has 2 aliphatic heterocycles. The van der Waals surface area contributed by atoms with Gasteiger partial charge in [0, 0.05) is 25.3 Å². The van der Waals surface area contributed by atoms with Gasteiger partial charge >= 0.3 is 5.97 Å². The Bertz CT molecular complexity index is 253. The number of rotatable bonds is 2. The SMILES string of the molecule is O=C(O)C1(C2CCOCC2)NC=CS1. The molecule has 0 bridgehead atoms. The van der Waals surface area contributed by atoms with Gasteiger partial charge < -0.3 is 15.2 Å².